The second-order valence-electron chi connectivity index (χ2n) is 4.48. The van der Waals surface area contributed by atoms with E-state index in [1.807, 2.05) is 0 Å². The topological polar surface area (TPSA) is 12.0 Å². The third-order valence-electron chi connectivity index (χ3n) is 3.39. The van der Waals surface area contributed by atoms with Gasteiger partial charge >= 0.3 is 0 Å². The summed E-state index contributed by atoms with van der Waals surface area (Å²) in [6.45, 7) is 7.29. The van der Waals surface area contributed by atoms with Crippen molar-refractivity contribution in [2.24, 2.45) is 5.92 Å². The van der Waals surface area contributed by atoms with Crippen LogP contribution in [0.3, 0.4) is 0 Å². The van der Waals surface area contributed by atoms with Crippen LogP contribution in [0.15, 0.2) is 18.2 Å². The summed E-state index contributed by atoms with van der Waals surface area (Å²) in [7, 11) is 0. The highest BCUT2D eigenvalue weighted by atomic mass is 35.5. The lowest BCUT2D eigenvalue weighted by molar-refractivity contribution is 0.353. The molecule has 0 aromatic heterocycles. The summed E-state index contributed by atoms with van der Waals surface area (Å²) in [6.07, 6.45) is 2.34. The Kier molecular flexibility index (Phi) is 5.93. The molecule has 1 atom stereocenters. The summed E-state index contributed by atoms with van der Waals surface area (Å²) in [5, 5.41) is 3.95. The Morgan fingerprint density at radius 1 is 1.29 bits per heavy atom. The van der Waals surface area contributed by atoms with Crippen LogP contribution in [0, 0.1) is 11.7 Å². The lowest BCUT2D eigenvalue weighted by Gasteiger charge is -2.22. The van der Waals surface area contributed by atoms with Crippen molar-refractivity contribution in [2.45, 2.75) is 46.2 Å². The van der Waals surface area contributed by atoms with E-state index in [0.717, 1.165) is 5.56 Å². The maximum Gasteiger partial charge on any atom is 0.124 e. The van der Waals surface area contributed by atoms with Crippen LogP contribution in [0.4, 0.5) is 4.39 Å². The maximum atomic E-state index is 12.9. The zero-order valence-corrected chi connectivity index (χ0v) is 11.5. The van der Waals surface area contributed by atoms with Gasteiger partial charge < -0.3 is 5.32 Å². The van der Waals surface area contributed by atoms with E-state index in [9.17, 15) is 4.39 Å². The summed E-state index contributed by atoms with van der Waals surface area (Å²) < 4.78 is 12.9. The zero-order chi connectivity index (χ0) is 12.8. The second-order valence-corrected chi connectivity index (χ2v) is 4.89. The van der Waals surface area contributed by atoms with E-state index >= 15 is 0 Å². The lowest BCUT2D eigenvalue weighted by Crippen LogP contribution is -2.32. The van der Waals surface area contributed by atoms with E-state index < -0.39 is 0 Å². The fourth-order valence-electron chi connectivity index (χ4n) is 2.10. The molecule has 0 bridgehead atoms. The van der Waals surface area contributed by atoms with Gasteiger partial charge in [-0.15, -0.1) is 0 Å². The van der Waals surface area contributed by atoms with Crippen LogP contribution in [-0.4, -0.2) is 6.04 Å². The predicted octanol–water partition coefficient (Wildman–Crippen LogP) is 4.39. The van der Waals surface area contributed by atoms with Gasteiger partial charge in [0.05, 0.1) is 0 Å². The molecule has 0 amide bonds. The van der Waals surface area contributed by atoms with E-state index in [0.29, 0.717) is 23.5 Å². The van der Waals surface area contributed by atoms with Gasteiger partial charge in [0.25, 0.3) is 0 Å². The van der Waals surface area contributed by atoms with Gasteiger partial charge in [-0.25, -0.2) is 4.39 Å². The molecule has 1 rings (SSSR count). The van der Waals surface area contributed by atoms with Gasteiger partial charge in [0, 0.05) is 17.6 Å². The van der Waals surface area contributed by atoms with Crippen LogP contribution in [0.1, 0.15) is 39.2 Å². The molecule has 17 heavy (non-hydrogen) atoms. The fourth-order valence-corrected chi connectivity index (χ4v) is 2.33. The third kappa shape index (κ3) is 4.29. The van der Waals surface area contributed by atoms with Crippen molar-refractivity contribution in [1.82, 2.24) is 5.32 Å². The van der Waals surface area contributed by atoms with Crippen molar-refractivity contribution >= 4 is 11.6 Å². The molecule has 0 fully saturated rings. The summed E-state index contributed by atoms with van der Waals surface area (Å²) in [6, 6.07) is 5.00. The summed E-state index contributed by atoms with van der Waals surface area (Å²) in [5.74, 6) is 0.390. The minimum atomic E-state index is -0.285. The van der Waals surface area contributed by atoms with E-state index in [1.54, 1.807) is 6.07 Å². The van der Waals surface area contributed by atoms with Gasteiger partial charge in [-0.2, -0.15) is 0 Å². The molecule has 0 aliphatic carbocycles. The van der Waals surface area contributed by atoms with Crippen molar-refractivity contribution in [3.8, 4) is 0 Å². The Balaban J connectivity index is 2.55. The minimum absolute atomic E-state index is 0.285. The van der Waals surface area contributed by atoms with Crippen LogP contribution in [0.2, 0.25) is 5.02 Å². The van der Waals surface area contributed by atoms with Crippen molar-refractivity contribution in [2.75, 3.05) is 0 Å². The highest BCUT2D eigenvalue weighted by Crippen LogP contribution is 2.18. The van der Waals surface area contributed by atoms with Gasteiger partial charge in [-0.05, 0) is 30.5 Å². The molecule has 0 saturated heterocycles. The van der Waals surface area contributed by atoms with Gasteiger partial charge in [-0.3, -0.25) is 0 Å². The maximum absolute atomic E-state index is 12.9. The first-order valence-electron chi connectivity index (χ1n) is 6.25. The van der Waals surface area contributed by atoms with Crippen LogP contribution in [0.5, 0.6) is 0 Å². The molecular weight excluding hydrogens is 237 g/mol. The molecule has 1 aromatic rings. The quantitative estimate of drug-likeness (QED) is 0.797. The van der Waals surface area contributed by atoms with Gasteiger partial charge in [-0.1, -0.05) is 44.4 Å². The smallest absolute Gasteiger partial charge is 0.124 e. The molecule has 0 saturated carbocycles. The average Bonchev–Trinajstić information content (AvgIpc) is 2.29. The fraction of sp³-hybridized carbons (Fsp3) is 0.571. The molecule has 0 spiro atoms. The minimum Gasteiger partial charge on any atom is -0.310 e. The molecular formula is C14H21ClFN. The SMILES string of the molecule is CCC(CC)C(C)NCc1ccc(F)cc1Cl. The van der Waals surface area contributed by atoms with Crippen molar-refractivity contribution in [3.63, 3.8) is 0 Å². The molecule has 1 nitrogen and oxygen atoms in total. The van der Waals surface area contributed by atoms with Crippen molar-refractivity contribution < 1.29 is 4.39 Å². The van der Waals surface area contributed by atoms with Crippen molar-refractivity contribution in [1.29, 1.82) is 0 Å². The van der Waals surface area contributed by atoms with E-state index in [1.165, 1.54) is 25.0 Å². The molecule has 1 unspecified atom stereocenters. The molecule has 0 aliphatic rings. The first kappa shape index (κ1) is 14.5. The number of halogens is 2. The standard InChI is InChI=1S/C14H21ClFN/c1-4-11(5-2)10(3)17-9-12-6-7-13(16)8-14(12)15/h6-8,10-11,17H,4-5,9H2,1-3H3. The molecule has 0 aliphatic heterocycles. The molecule has 96 valence electrons. The van der Waals surface area contributed by atoms with Gasteiger partial charge in [0.1, 0.15) is 5.82 Å². The Labute approximate surface area is 108 Å². The first-order valence-corrected chi connectivity index (χ1v) is 6.63. The van der Waals surface area contributed by atoms with Gasteiger partial charge in [0.2, 0.25) is 0 Å². The first-order chi connectivity index (χ1) is 8.08. The Morgan fingerprint density at radius 2 is 1.94 bits per heavy atom. The second kappa shape index (κ2) is 6.97. The molecule has 1 aromatic carbocycles. The Morgan fingerprint density at radius 3 is 2.47 bits per heavy atom. The van der Waals surface area contributed by atoms with E-state index in [4.69, 9.17) is 11.6 Å². The summed E-state index contributed by atoms with van der Waals surface area (Å²) >= 11 is 5.98. The summed E-state index contributed by atoms with van der Waals surface area (Å²) in [5.41, 5.74) is 0.950. The molecule has 1 N–H and O–H groups in total. The number of rotatable bonds is 6. The molecule has 0 radical (unpaired) electrons. The van der Waals surface area contributed by atoms with Crippen LogP contribution < -0.4 is 5.32 Å². The Hall–Kier alpha value is -0.600. The predicted molar refractivity (Wildman–Crippen MR) is 71.8 cm³/mol. The number of benzene rings is 1. The van der Waals surface area contributed by atoms with E-state index in [2.05, 4.69) is 26.1 Å². The summed E-state index contributed by atoms with van der Waals surface area (Å²) in [4.78, 5) is 0. The molecule has 3 heteroatoms. The monoisotopic (exact) mass is 257 g/mol. The largest absolute Gasteiger partial charge is 0.310 e. The van der Waals surface area contributed by atoms with Crippen molar-refractivity contribution in [3.05, 3.63) is 34.6 Å². The highest BCUT2D eigenvalue weighted by Gasteiger charge is 2.13. The van der Waals surface area contributed by atoms with Gasteiger partial charge in [0.15, 0.2) is 0 Å². The number of nitrogens with one attached hydrogen (secondary N) is 1. The highest BCUT2D eigenvalue weighted by molar-refractivity contribution is 6.31. The zero-order valence-electron chi connectivity index (χ0n) is 10.8. The van der Waals surface area contributed by atoms with Crippen LogP contribution >= 0.6 is 11.6 Å². The molecule has 0 heterocycles. The number of hydrogen-bond acceptors (Lipinski definition) is 1. The normalized spacial score (nSPS) is 13.1. The Bertz CT molecular complexity index is 350. The van der Waals surface area contributed by atoms with Crippen LogP contribution in [0.25, 0.3) is 0 Å². The third-order valence-corrected chi connectivity index (χ3v) is 3.74. The number of hydrogen-bond donors (Lipinski definition) is 1. The lowest BCUT2D eigenvalue weighted by atomic mass is 9.95. The average molecular weight is 258 g/mol. The van der Waals surface area contributed by atoms with E-state index in [-0.39, 0.29) is 5.82 Å². The van der Waals surface area contributed by atoms with Crippen LogP contribution in [-0.2, 0) is 6.54 Å².